The van der Waals surface area contributed by atoms with Gasteiger partial charge in [-0.1, -0.05) is 30.3 Å². The number of hydrogen-bond acceptors (Lipinski definition) is 3. The van der Waals surface area contributed by atoms with Crippen molar-refractivity contribution in [1.29, 1.82) is 0 Å². The first-order valence-electron chi connectivity index (χ1n) is 5.90. The van der Waals surface area contributed by atoms with Gasteiger partial charge >= 0.3 is 0 Å². The van der Waals surface area contributed by atoms with Crippen LogP contribution in [0.5, 0.6) is 0 Å². The Morgan fingerprint density at radius 3 is 2.56 bits per heavy atom. The van der Waals surface area contributed by atoms with Gasteiger partial charge in [0.1, 0.15) is 0 Å². The fourth-order valence-electron chi connectivity index (χ4n) is 2.08. The lowest BCUT2D eigenvalue weighted by atomic mass is 10.1. The minimum absolute atomic E-state index is 0.555. The molecule has 4 nitrogen and oxygen atoms in total. The molecule has 1 aromatic carbocycles. The number of rotatable bonds is 2. The lowest BCUT2D eigenvalue weighted by Gasteiger charge is -2.04. The summed E-state index contributed by atoms with van der Waals surface area (Å²) in [6, 6.07) is 14.1. The van der Waals surface area contributed by atoms with Crippen LogP contribution in [-0.2, 0) is 6.54 Å². The lowest BCUT2D eigenvalue weighted by Crippen LogP contribution is -1.97. The molecule has 0 unspecified atom stereocenters. The number of nitrogens with zero attached hydrogens (tertiary/aromatic N) is 3. The SMILES string of the molecule is Cc1cccc2nnc(-c3ccc(CN)cc3)n12. The molecule has 0 amide bonds. The van der Waals surface area contributed by atoms with Crippen LogP contribution in [0.1, 0.15) is 11.3 Å². The van der Waals surface area contributed by atoms with E-state index in [0.29, 0.717) is 6.54 Å². The van der Waals surface area contributed by atoms with Crippen molar-refractivity contribution < 1.29 is 0 Å². The number of benzene rings is 1. The van der Waals surface area contributed by atoms with Crippen LogP contribution in [-0.4, -0.2) is 14.6 Å². The standard InChI is InChI=1S/C14H14N4/c1-10-3-2-4-13-16-17-14(18(10)13)12-7-5-11(9-15)6-8-12/h2-8H,9,15H2,1H3. The van der Waals surface area contributed by atoms with Gasteiger partial charge in [-0.05, 0) is 24.6 Å². The third-order valence-electron chi connectivity index (χ3n) is 3.07. The molecule has 2 N–H and O–H groups in total. The van der Waals surface area contributed by atoms with Gasteiger partial charge in [0, 0.05) is 17.8 Å². The van der Waals surface area contributed by atoms with Crippen molar-refractivity contribution in [3.8, 4) is 11.4 Å². The highest BCUT2D eigenvalue weighted by atomic mass is 15.2. The number of pyridine rings is 1. The zero-order valence-electron chi connectivity index (χ0n) is 10.2. The monoisotopic (exact) mass is 238 g/mol. The van der Waals surface area contributed by atoms with E-state index in [1.807, 2.05) is 49.4 Å². The van der Waals surface area contributed by atoms with E-state index in [1.165, 1.54) is 0 Å². The van der Waals surface area contributed by atoms with Crippen LogP contribution in [0.2, 0.25) is 0 Å². The normalized spacial score (nSPS) is 11.0. The second-order valence-electron chi connectivity index (χ2n) is 4.29. The van der Waals surface area contributed by atoms with Crippen molar-refractivity contribution in [1.82, 2.24) is 14.6 Å². The molecule has 0 bridgehead atoms. The molecule has 3 rings (SSSR count). The molecule has 0 fully saturated rings. The molecule has 2 aromatic heterocycles. The van der Waals surface area contributed by atoms with Crippen LogP contribution in [0, 0.1) is 6.92 Å². The minimum Gasteiger partial charge on any atom is -0.326 e. The van der Waals surface area contributed by atoms with Crippen molar-refractivity contribution >= 4 is 5.65 Å². The first-order chi connectivity index (χ1) is 8.79. The highest BCUT2D eigenvalue weighted by Crippen LogP contribution is 2.20. The topological polar surface area (TPSA) is 56.2 Å². The average Bonchev–Trinajstić information content (AvgIpc) is 2.84. The quantitative estimate of drug-likeness (QED) is 0.744. The Bertz CT molecular complexity index is 683. The summed E-state index contributed by atoms with van der Waals surface area (Å²) in [4.78, 5) is 0. The molecule has 0 aliphatic carbocycles. The van der Waals surface area contributed by atoms with Crippen LogP contribution in [0.3, 0.4) is 0 Å². The van der Waals surface area contributed by atoms with E-state index in [2.05, 4.69) is 14.6 Å². The summed E-state index contributed by atoms with van der Waals surface area (Å²) in [6.07, 6.45) is 0. The maximum Gasteiger partial charge on any atom is 0.168 e. The van der Waals surface area contributed by atoms with Crippen molar-refractivity contribution in [2.75, 3.05) is 0 Å². The molecule has 3 aromatic rings. The van der Waals surface area contributed by atoms with Gasteiger partial charge < -0.3 is 5.73 Å². The molecule has 18 heavy (non-hydrogen) atoms. The first-order valence-corrected chi connectivity index (χ1v) is 5.90. The van der Waals surface area contributed by atoms with Crippen molar-refractivity contribution in [3.63, 3.8) is 0 Å². The van der Waals surface area contributed by atoms with Gasteiger partial charge in [-0.25, -0.2) is 0 Å². The summed E-state index contributed by atoms with van der Waals surface area (Å²) in [6.45, 7) is 2.61. The molecule has 0 spiro atoms. The first kappa shape index (κ1) is 10.9. The highest BCUT2D eigenvalue weighted by Gasteiger charge is 2.08. The number of nitrogens with two attached hydrogens (primary N) is 1. The number of hydrogen-bond donors (Lipinski definition) is 1. The third-order valence-corrected chi connectivity index (χ3v) is 3.07. The van der Waals surface area contributed by atoms with E-state index in [9.17, 15) is 0 Å². The van der Waals surface area contributed by atoms with E-state index < -0.39 is 0 Å². The van der Waals surface area contributed by atoms with Crippen molar-refractivity contribution in [3.05, 3.63) is 53.7 Å². The van der Waals surface area contributed by atoms with E-state index in [0.717, 1.165) is 28.3 Å². The van der Waals surface area contributed by atoms with E-state index in [1.54, 1.807) is 0 Å². The van der Waals surface area contributed by atoms with Crippen molar-refractivity contribution in [2.24, 2.45) is 5.73 Å². The summed E-state index contributed by atoms with van der Waals surface area (Å²) in [5, 5.41) is 8.45. The molecule has 0 aliphatic heterocycles. The molecule has 0 atom stereocenters. The maximum atomic E-state index is 5.60. The summed E-state index contributed by atoms with van der Waals surface area (Å²) in [5.74, 6) is 0.867. The molecule has 90 valence electrons. The zero-order chi connectivity index (χ0) is 12.5. The fraction of sp³-hybridized carbons (Fsp3) is 0.143. The minimum atomic E-state index is 0.555. The predicted molar refractivity (Wildman–Crippen MR) is 71.1 cm³/mol. The summed E-state index contributed by atoms with van der Waals surface area (Å²) in [7, 11) is 0. The molecule has 0 saturated carbocycles. The second kappa shape index (κ2) is 4.23. The lowest BCUT2D eigenvalue weighted by molar-refractivity contribution is 1.06. The van der Waals surface area contributed by atoms with Crippen molar-refractivity contribution in [2.45, 2.75) is 13.5 Å². The Morgan fingerprint density at radius 1 is 1.06 bits per heavy atom. The molecule has 4 heteroatoms. The van der Waals surface area contributed by atoms with Gasteiger partial charge in [-0.15, -0.1) is 10.2 Å². The zero-order valence-corrected chi connectivity index (χ0v) is 10.2. The van der Waals surface area contributed by atoms with E-state index >= 15 is 0 Å². The van der Waals surface area contributed by atoms with Gasteiger partial charge in [0.15, 0.2) is 11.5 Å². The van der Waals surface area contributed by atoms with Crippen LogP contribution in [0.15, 0.2) is 42.5 Å². The largest absolute Gasteiger partial charge is 0.326 e. The smallest absolute Gasteiger partial charge is 0.168 e. The molecule has 0 aliphatic rings. The van der Waals surface area contributed by atoms with E-state index in [4.69, 9.17) is 5.73 Å². The van der Waals surface area contributed by atoms with Gasteiger partial charge in [0.05, 0.1) is 0 Å². The number of aryl methyl sites for hydroxylation is 1. The molecule has 2 heterocycles. The van der Waals surface area contributed by atoms with Gasteiger partial charge in [0.25, 0.3) is 0 Å². The Labute approximate surface area is 105 Å². The average molecular weight is 238 g/mol. The Balaban J connectivity index is 2.18. The predicted octanol–water partition coefficient (Wildman–Crippen LogP) is 2.16. The fourth-order valence-corrected chi connectivity index (χ4v) is 2.08. The molecular weight excluding hydrogens is 224 g/mol. The van der Waals surface area contributed by atoms with Gasteiger partial charge in [-0.2, -0.15) is 0 Å². The molecule has 0 radical (unpaired) electrons. The van der Waals surface area contributed by atoms with E-state index in [-0.39, 0.29) is 0 Å². The summed E-state index contributed by atoms with van der Waals surface area (Å²) < 4.78 is 2.05. The summed E-state index contributed by atoms with van der Waals surface area (Å²) in [5.41, 5.74) is 9.75. The molecular formula is C14H14N4. The highest BCUT2D eigenvalue weighted by molar-refractivity contribution is 5.60. The third kappa shape index (κ3) is 1.67. The van der Waals surface area contributed by atoms with Crippen LogP contribution in [0.25, 0.3) is 17.0 Å². The number of fused-ring (bicyclic) bond motifs is 1. The van der Waals surface area contributed by atoms with Gasteiger partial charge in [-0.3, -0.25) is 4.40 Å². The van der Waals surface area contributed by atoms with Crippen LogP contribution in [0.4, 0.5) is 0 Å². The number of aromatic nitrogens is 3. The Hall–Kier alpha value is -2.20. The van der Waals surface area contributed by atoms with Crippen LogP contribution >= 0.6 is 0 Å². The maximum absolute atomic E-state index is 5.60. The second-order valence-corrected chi connectivity index (χ2v) is 4.29. The Morgan fingerprint density at radius 2 is 1.83 bits per heavy atom. The molecule has 0 saturated heterocycles. The Kier molecular flexibility index (Phi) is 2.57. The van der Waals surface area contributed by atoms with Gasteiger partial charge in [0.2, 0.25) is 0 Å². The summed E-state index contributed by atoms with van der Waals surface area (Å²) >= 11 is 0. The van der Waals surface area contributed by atoms with Crippen LogP contribution < -0.4 is 5.73 Å².